The van der Waals surface area contributed by atoms with Crippen LogP contribution in [0.2, 0.25) is 0 Å². The first-order valence-corrected chi connectivity index (χ1v) is 0. The van der Waals surface area contributed by atoms with Gasteiger partial charge in [0.15, 0.2) is 0 Å². The molecule has 0 saturated heterocycles. The summed E-state index contributed by atoms with van der Waals surface area (Å²) < 4.78 is 0. The zero-order valence-corrected chi connectivity index (χ0v) is 8.05. The molecule has 0 saturated carbocycles. The third kappa shape index (κ3) is 8.91. The molecular weight excluding hydrogens is 403 g/mol. The monoisotopic (exact) mass is 403 g/mol. The van der Waals surface area contributed by atoms with Crippen molar-refractivity contribution in [2.45, 2.75) is 0 Å². The molecule has 0 heterocycles. The summed E-state index contributed by atoms with van der Waals surface area (Å²) in [6, 6.07) is 0. The molecule has 0 aliphatic rings. The molecular formula is OPtRuZr+7. The van der Waals surface area contributed by atoms with Gasteiger partial charge in [-0.05, 0) is 0 Å². The van der Waals surface area contributed by atoms with Crippen molar-refractivity contribution < 1.29 is 72.2 Å². The average molecular weight is 403 g/mol. The number of hydrogen-bond acceptors (Lipinski definition) is 0. The second-order valence-corrected chi connectivity index (χ2v) is 0. The van der Waals surface area contributed by atoms with Crippen LogP contribution < -0.4 is 0 Å². The van der Waals surface area contributed by atoms with Crippen LogP contribution in [0.15, 0.2) is 0 Å². The summed E-state index contributed by atoms with van der Waals surface area (Å²) in [5.41, 5.74) is 0. The maximum absolute atomic E-state index is 0. The Balaban J connectivity index is 0. The van der Waals surface area contributed by atoms with Gasteiger partial charge in [-0.15, -0.1) is 0 Å². The van der Waals surface area contributed by atoms with E-state index < -0.39 is 0 Å². The van der Waals surface area contributed by atoms with Gasteiger partial charge in [-0.2, -0.15) is 0 Å². The van der Waals surface area contributed by atoms with Crippen LogP contribution in [0.3, 0.4) is 0 Å². The van der Waals surface area contributed by atoms with Gasteiger partial charge < -0.3 is 5.48 Å². The fourth-order valence-electron chi connectivity index (χ4n) is 0. The van der Waals surface area contributed by atoms with Gasteiger partial charge in [-0.3, -0.25) is 0 Å². The standard InChI is InChI=1S/O.Pt.Ru.Zr/q-2;+2;+3;+4. The molecule has 0 aliphatic carbocycles. The molecule has 1 nitrogen and oxygen atoms in total. The van der Waals surface area contributed by atoms with E-state index in [0.29, 0.717) is 0 Å². The van der Waals surface area contributed by atoms with E-state index in [4.69, 9.17) is 0 Å². The molecule has 0 bridgehead atoms. The topological polar surface area (TPSA) is 28.5 Å². The van der Waals surface area contributed by atoms with Gasteiger partial charge in [0.1, 0.15) is 0 Å². The van der Waals surface area contributed by atoms with Gasteiger partial charge in [0.2, 0.25) is 0 Å². The summed E-state index contributed by atoms with van der Waals surface area (Å²) in [7, 11) is 0. The second-order valence-electron chi connectivity index (χ2n) is 0. The molecule has 0 unspecified atom stereocenters. The predicted octanol–water partition coefficient (Wildman–Crippen LogP) is -0.126. The third-order valence-corrected chi connectivity index (χ3v) is 0. The van der Waals surface area contributed by atoms with E-state index in [1.807, 2.05) is 0 Å². The summed E-state index contributed by atoms with van der Waals surface area (Å²) >= 11 is 0. The SMILES string of the molecule is [O-2].[Pt+2].[Ru+3].[Zr+4]. The molecule has 4 heteroatoms. The Hall–Kier alpha value is 2.15. The van der Waals surface area contributed by atoms with Crippen LogP contribution in [0.1, 0.15) is 0 Å². The minimum absolute atomic E-state index is 0. The molecule has 0 rings (SSSR count). The molecule has 0 atom stereocenters. The smallest absolute Gasteiger partial charge is 2.00 e. The van der Waals surface area contributed by atoms with Crippen LogP contribution in [-0.4, -0.2) is 0 Å². The van der Waals surface area contributed by atoms with Crippen molar-refractivity contribution in [3.8, 4) is 0 Å². The zero-order chi connectivity index (χ0) is 0. The van der Waals surface area contributed by atoms with Crippen LogP contribution in [0, 0.1) is 0 Å². The largest absolute Gasteiger partial charge is 4.00 e. The molecule has 0 spiro atoms. The van der Waals surface area contributed by atoms with Gasteiger partial charge >= 0.3 is 66.7 Å². The van der Waals surface area contributed by atoms with Crippen molar-refractivity contribution in [2.24, 2.45) is 0 Å². The summed E-state index contributed by atoms with van der Waals surface area (Å²) in [6.07, 6.45) is 0. The Morgan fingerprint density at radius 2 is 1.00 bits per heavy atom. The molecule has 0 aromatic rings. The minimum atomic E-state index is 0. The van der Waals surface area contributed by atoms with Crippen molar-refractivity contribution in [1.29, 1.82) is 0 Å². The minimum Gasteiger partial charge on any atom is -2.00 e. The number of rotatable bonds is 0. The zero-order valence-electron chi connectivity index (χ0n) is 1.58. The van der Waals surface area contributed by atoms with E-state index in [1.165, 1.54) is 0 Å². The Kier molecular flexibility index (Phi) is 169. The van der Waals surface area contributed by atoms with E-state index in [0.717, 1.165) is 0 Å². The van der Waals surface area contributed by atoms with E-state index in [-0.39, 0.29) is 72.2 Å². The van der Waals surface area contributed by atoms with Crippen LogP contribution in [0.4, 0.5) is 0 Å². The maximum atomic E-state index is 0. The van der Waals surface area contributed by atoms with Crippen molar-refractivity contribution in [3.05, 3.63) is 0 Å². The fourth-order valence-corrected chi connectivity index (χ4v) is 0. The van der Waals surface area contributed by atoms with E-state index in [9.17, 15) is 0 Å². The van der Waals surface area contributed by atoms with E-state index >= 15 is 0 Å². The summed E-state index contributed by atoms with van der Waals surface area (Å²) in [6.45, 7) is 0. The Morgan fingerprint density at radius 3 is 1.00 bits per heavy atom. The molecule has 0 aliphatic heterocycles. The second kappa shape index (κ2) is 19.2. The Bertz CT molecular complexity index is 8.00. The molecule has 0 aromatic carbocycles. The molecule has 21 valence electrons. The third-order valence-electron chi connectivity index (χ3n) is 0. The molecule has 4 heavy (non-hydrogen) atoms. The summed E-state index contributed by atoms with van der Waals surface area (Å²) in [5.74, 6) is 0. The first-order valence-electron chi connectivity index (χ1n) is 0. The molecule has 0 fully saturated rings. The van der Waals surface area contributed by atoms with Gasteiger partial charge in [0.05, 0.1) is 0 Å². The van der Waals surface area contributed by atoms with Gasteiger partial charge in [-0.1, -0.05) is 0 Å². The average Bonchev–Trinajstić information content (AvgIpc) is 0. The first kappa shape index (κ1) is 35.2. The van der Waals surface area contributed by atoms with Gasteiger partial charge in [0.25, 0.3) is 0 Å². The van der Waals surface area contributed by atoms with Crippen molar-refractivity contribution in [2.75, 3.05) is 0 Å². The van der Waals surface area contributed by atoms with Gasteiger partial charge in [0, 0.05) is 0 Å². The van der Waals surface area contributed by atoms with Crippen LogP contribution in [0.5, 0.6) is 0 Å². The molecule has 0 aromatic heterocycles. The molecule has 0 amide bonds. The van der Waals surface area contributed by atoms with Gasteiger partial charge in [-0.25, -0.2) is 0 Å². The van der Waals surface area contributed by atoms with Crippen molar-refractivity contribution in [3.63, 3.8) is 0 Å². The first-order chi connectivity index (χ1) is 0. The van der Waals surface area contributed by atoms with Crippen LogP contribution in [0.25, 0.3) is 0 Å². The van der Waals surface area contributed by atoms with E-state index in [1.54, 1.807) is 0 Å². The predicted molar refractivity (Wildman–Crippen MR) is 0.686 cm³/mol. The van der Waals surface area contributed by atoms with Crippen LogP contribution >= 0.6 is 0 Å². The molecule has 1 radical (unpaired) electrons. The number of hydrogen-bond donors (Lipinski definition) is 0. The molecule has 0 N–H and O–H groups in total. The summed E-state index contributed by atoms with van der Waals surface area (Å²) in [5, 5.41) is 0. The van der Waals surface area contributed by atoms with E-state index in [2.05, 4.69) is 0 Å². The fraction of sp³-hybridized carbons (Fsp3) is 0. The Labute approximate surface area is 71.4 Å². The summed E-state index contributed by atoms with van der Waals surface area (Å²) in [4.78, 5) is 0. The normalized spacial score (nSPS) is 0. The Morgan fingerprint density at radius 1 is 1.00 bits per heavy atom. The maximum Gasteiger partial charge on any atom is 4.00 e. The van der Waals surface area contributed by atoms with Crippen molar-refractivity contribution >= 4 is 0 Å². The van der Waals surface area contributed by atoms with Crippen molar-refractivity contribution in [1.82, 2.24) is 0 Å². The quantitative estimate of drug-likeness (QED) is 0.505. The van der Waals surface area contributed by atoms with Crippen LogP contribution in [-0.2, 0) is 72.2 Å².